The number of imidazole rings is 1. The molecule has 0 saturated carbocycles. The molecule has 0 aliphatic carbocycles. The first-order chi connectivity index (χ1) is 9.72. The normalized spacial score (nSPS) is 10.9. The average molecular weight is 286 g/mol. The topological polar surface area (TPSA) is 56.7 Å². The summed E-state index contributed by atoms with van der Waals surface area (Å²) in [5.41, 5.74) is 2.33. The van der Waals surface area contributed by atoms with E-state index < -0.39 is 0 Å². The molecule has 3 rings (SSSR count). The van der Waals surface area contributed by atoms with Gasteiger partial charge in [-0.15, -0.1) is 10.2 Å². The van der Waals surface area contributed by atoms with Gasteiger partial charge in [-0.25, -0.2) is 4.98 Å². The molecule has 0 aliphatic rings. The molecule has 0 bridgehead atoms. The van der Waals surface area contributed by atoms with E-state index in [1.54, 1.807) is 24.9 Å². The van der Waals surface area contributed by atoms with Gasteiger partial charge in [-0.3, -0.25) is 4.57 Å². The molecule has 20 heavy (non-hydrogen) atoms. The molecule has 102 valence electrons. The maximum atomic E-state index is 5.37. The zero-order chi connectivity index (χ0) is 13.9. The summed E-state index contributed by atoms with van der Waals surface area (Å²) in [4.78, 5) is 4.38. The largest absolute Gasteiger partial charge is 0.425 e. The molecule has 0 amide bonds. The van der Waals surface area contributed by atoms with Gasteiger partial charge in [0.15, 0.2) is 5.16 Å². The molecule has 0 saturated heterocycles. The van der Waals surface area contributed by atoms with E-state index in [0.29, 0.717) is 17.5 Å². The van der Waals surface area contributed by atoms with Crippen molar-refractivity contribution in [2.24, 2.45) is 0 Å². The van der Waals surface area contributed by atoms with Crippen LogP contribution >= 0.6 is 11.8 Å². The number of aromatic nitrogens is 4. The first-order valence-electron chi connectivity index (χ1n) is 6.24. The van der Waals surface area contributed by atoms with Crippen molar-refractivity contribution in [1.82, 2.24) is 19.7 Å². The Balaban J connectivity index is 1.80. The molecule has 0 N–H and O–H groups in total. The Hall–Kier alpha value is -2.08. The number of benzene rings is 1. The highest BCUT2D eigenvalue weighted by Gasteiger charge is 2.09. The molecule has 6 heteroatoms. The highest BCUT2D eigenvalue weighted by atomic mass is 32.2. The van der Waals surface area contributed by atoms with E-state index in [9.17, 15) is 0 Å². The minimum absolute atomic E-state index is 0.586. The molecule has 0 unspecified atom stereocenters. The lowest BCUT2D eigenvalue weighted by Crippen LogP contribution is -1.95. The Bertz CT molecular complexity index is 719. The van der Waals surface area contributed by atoms with E-state index in [0.717, 1.165) is 10.8 Å². The van der Waals surface area contributed by atoms with Gasteiger partial charge < -0.3 is 4.42 Å². The van der Waals surface area contributed by atoms with Gasteiger partial charge in [-0.1, -0.05) is 23.9 Å². The van der Waals surface area contributed by atoms with Crippen molar-refractivity contribution in [3.05, 3.63) is 54.0 Å². The average Bonchev–Trinajstić information content (AvgIpc) is 3.05. The Labute approximate surface area is 121 Å². The van der Waals surface area contributed by atoms with Gasteiger partial charge in [0.25, 0.3) is 0 Å². The van der Waals surface area contributed by atoms with Crippen LogP contribution in [0.3, 0.4) is 0 Å². The van der Waals surface area contributed by atoms with E-state index in [1.807, 2.05) is 12.3 Å². The molecule has 5 nitrogen and oxygen atoms in total. The van der Waals surface area contributed by atoms with Crippen molar-refractivity contribution < 1.29 is 4.42 Å². The smallest absolute Gasteiger partial charge is 0.226 e. The predicted molar refractivity (Wildman–Crippen MR) is 76.9 cm³/mol. The third kappa shape index (κ3) is 2.75. The second-order valence-electron chi connectivity index (χ2n) is 4.42. The number of thioether (sulfide) groups is 1. The third-order valence-electron chi connectivity index (χ3n) is 2.78. The molecular formula is C14H14N4OS. The first kappa shape index (κ1) is 12.9. The third-order valence-corrected chi connectivity index (χ3v) is 3.73. The van der Waals surface area contributed by atoms with Gasteiger partial charge in [0.05, 0.1) is 5.75 Å². The Kier molecular flexibility index (Phi) is 3.56. The van der Waals surface area contributed by atoms with Crippen LogP contribution in [0, 0.1) is 13.8 Å². The quantitative estimate of drug-likeness (QED) is 0.689. The van der Waals surface area contributed by atoms with Gasteiger partial charge in [0.2, 0.25) is 11.8 Å². The summed E-state index contributed by atoms with van der Waals surface area (Å²) in [7, 11) is 0. The zero-order valence-electron chi connectivity index (χ0n) is 11.3. The van der Waals surface area contributed by atoms with Crippen molar-refractivity contribution in [3.63, 3.8) is 0 Å². The van der Waals surface area contributed by atoms with Crippen LogP contribution in [0.2, 0.25) is 0 Å². The summed E-state index contributed by atoms with van der Waals surface area (Å²) in [6.45, 7) is 3.86. The maximum Gasteiger partial charge on any atom is 0.226 e. The van der Waals surface area contributed by atoms with Gasteiger partial charge in [0, 0.05) is 25.0 Å². The number of aryl methyl sites for hydroxylation is 2. The van der Waals surface area contributed by atoms with Crippen LogP contribution in [0.5, 0.6) is 0 Å². The van der Waals surface area contributed by atoms with Crippen LogP contribution in [0.1, 0.15) is 17.3 Å². The maximum absolute atomic E-state index is 5.37. The molecule has 2 aromatic heterocycles. The second-order valence-corrected chi connectivity index (χ2v) is 5.36. The fraction of sp³-hybridized carbons (Fsp3) is 0.214. The predicted octanol–water partition coefficient (Wildman–Crippen LogP) is 3.16. The van der Waals surface area contributed by atoms with E-state index in [2.05, 4.69) is 44.9 Å². The van der Waals surface area contributed by atoms with Crippen LogP contribution in [0.15, 0.2) is 46.2 Å². The monoisotopic (exact) mass is 286 g/mol. The fourth-order valence-electron chi connectivity index (χ4n) is 1.89. The summed E-state index contributed by atoms with van der Waals surface area (Å²) in [5, 5.41) is 8.72. The molecule has 0 atom stereocenters. The molecular weight excluding hydrogens is 272 g/mol. The van der Waals surface area contributed by atoms with Gasteiger partial charge in [-0.2, -0.15) is 0 Å². The molecule has 0 radical (unpaired) electrons. The summed E-state index contributed by atoms with van der Waals surface area (Å²) >= 11 is 1.58. The zero-order valence-corrected chi connectivity index (χ0v) is 12.1. The van der Waals surface area contributed by atoms with Crippen LogP contribution in [0.25, 0.3) is 5.69 Å². The van der Waals surface area contributed by atoms with E-state index in [4.69, 9.17) is 4.42 Å². The van der Waals surface area contributed by atoms with Gasteiger partial charge in [-0.05, 0) is 24.6 Å². The lowest BCUT2D eigenvalue weighted by atomic mass is 10.2. The summed E-state index contributed by atoms with van der Waals surface area (Å²) in [6, 6.07) is 8.31. The lowest BCUT2D eigenvalue weighted by Gasteiger charge is -2.07. The molecule has 0 spiro atoms. The van der Waals surface area contributed by atoms with E-state index in [-0.39, 0.29) is 0 Å². The van der Waals surface area contributed by atoms with Crippen molar-refractivity contribution in [1.29, 1.82) is 0 Å². The van der Waals surface area contributed by atoms with Crippen LogP contribution in [-0.4, -0.2) is 19.7 Å². The van der Waals surface area contributed by atoms with Gasteiger partial charge in [0.1, 0.15) is 0 Å². The van der Waals surface area contributed by atoms with E-state index in [1.165, 1.54) is 5.56 Å². The SMILES string of the molecule is Cc1cccc(-n2ccnc2SCc2nnc(C)o2)c1. The molecule has 0 fully saturated rings. The standard InChI is InChI=1S/C14H14N4OS/c1-10-4-3-5-12(8-10)18-7-6-15-14(18)20-9-13-17-16-11(2)19-13/h3-8H,9H2,1-2H3. The molecule has 1 aromatic carbocycles. The highest BCUT2D eigenvalue weighted by Crippen LogP contribution is 2.23. The Morgan fingerprint density at radius 2 is 2.15 bits per heavy atom. The minimum atomic E-state index is 0.586. The number of hydrogen-bond donors (Lipinski definition) is 0. The number of nitrogens with zero attached hydrogens (tertiary/aromatic N) is 4. The van der Waals surface area contributed by atoms with Crippen molar-refractivity contribution in [2.75, 3.05) is 0 Å². The van der Waals surface area contributed by atoms with Crippen LogP contribution in [0.4, 0.5) is 0 Å². The van der Waals surface area contributed by atoms with Crippen LogP contribution < -0.4 is 0 Å². The van der Waals surface area contributed by atoms with Crippen molar-refractivity contribution in [3.8, 4) is 5.69 Å². The van der Waals surface area contributed by atoms with Crippen LogP contribution in [-0.2, 0) is 5.75 Å². The van der Waals surface area contributed by atoms with Gasteiger partial charge >= 0.3 is 0 Å². The minimum Gasteiger partial charge on any atom is -0.425 e. The second kappa shape index (κ2) is 5.50. The first-order valence-corrected chi connectivity index (χ1v) is 7.23. The lowest BCUT2D eigenvalue weighted by molar-refractivity contribution is 0.485. The summed E-state index contributed by atoms with van der Waals surface area (Å²) in [6.07, 6.45) is 3.75. The molecule has 0 aliphatic heterocycles. The number of rotatable bonds is 4. The van der Waals surface area contributed by atoms with E-state index >= 15 is 0 Å². The van der Waals surface area contributed by atoms with Crippen molar-refractivity contribution in [2.45, 2.75) is 24.8 Å². The molecule has 2 heterocycles. The number of hydrogen-bond acceptors (Lipinski definition) is 5. The summed E-state index contributed by atoms with van der Waals surface area (Å²) < 4.78 is 7.42. The Morgan fingerprint density at radius 1 is 1.25 bits per heavy atom. The Morgan fingerprint density at radius 3 is 2.90 bits per heavy atom. The summed E-state index contributed by atoms with van der Waals surface area (Å²) in [5.74, 6) is 1.82. The highest BCUT2D eigenvalue weighted by molar-refractivity contribution is 7.98. The molecule has 3 aromatic rings. The van der Waals surface area contributed by atoms with Crippen molar-refractivity contribution >= 4 is 11.8 Å². The fourth-order valence-corrected chi connectivity index (χ4v) is 2.70.